The number of rotatable bonds is 9. The normalized spacial score (nSPS) is 12.1. The first-order chi connectivity index (χ1) is 17.1. The Kier molecular flexibility index (Phi) is 7.04. The van der Waals surface area contributed by atoms with Crippen LogP contribution in [-0.2, 0) is 32.2 Å². The van der Waals surface area contributed by atoms with Gasteiger partial charge in [-0.25, -0.2) is 14.2 Å². The van der Waals surface area contributed by atoms with E-state index in [9.17, 15) is 27.2 Å². The number of imidazole rings is 1. The van der Waals surface area contributed by atoms with Crippen LogP contribution in [0.2, 0.25) is 0 Å². The van der Waals surface area contributed by atoms with Crippen molar-refractivity contribution >= 4 is 11.2 Å². The molecule has 36 heavy (non-hydrogen) atoms. The first-order valence-electron chi connectivity index (χ1n) is 11.4. The minimum atomic E-state index is -4.77. The molecule has 0 aliphatic heterocycles. The highest BCUT2D eigenvalue weighted by atomic mass is 19.4. The summed E-state index contributed by atoms with van der Waals surface area (Å²) in [5.41, 5.74) is -1.36. The van der Waals surface area contributed by atoms with Gasteiger partial charge in [0, 0.05) is 19.5 Å². The predicted octanol–water partition coefficient (Wildman–Crippen LogP) is 2.82. The van der Waals surface area contributed by atoms with E-state index < -0.39 is 28.8 Å². The highest BCUT2D eigenvalue weighted by Gasteiger charge is 2.33. The Bertz CT molecular complexity index is 1500. The van der Waals surface area contributed by atoms with Crippen LogP contribution in [0.3, 0.4) is 0 Å². The van der Waals surface area contributed by atoms with E-state index >= 15 is 0 Å². The Morgan fingerprint density at radius 3 is 2.50 bits per heavy atom. The maximum atomic E-state index is 13.8. The summed E-state index contributed by atoms with van der Waals surface area (Å²) in [6, 6.07) is 2.64. The molecule has 3 heterocycles. The molecular weight excluding hydrogens is 484 g/mol. The van der Waals surface area contributed by atoms with Crippen molar-refractivity contribution in [2.24, 2.45) is 0 Å². The number of aromatic nitrogens is 8. The second-order valence-corrected chi connectivity index (χ2v) is 8.41. The van der Waals surface area contributed by atoms with Crippen molar-refractivity contribution in [3.8, 4) is 0 Å². The lowest BCUT2D eigenvalue weighted by atomic mass is 10.1. The molecule has 4 rings (SSSR count). The van der Waals surface area contributed by atoms with Gasteiger partial charge in [0.1, 0.15) is 17.2 Å². The number of aryl methyl sites for hydroxylation is 3. The molecule has 3 aromatic heterocycles. The third-order valence-corrected chi connectivity index (χ3v) is 5.65. The fourth-order valence-electron chi connectivity index (χ4n) is 3.89. The van der Waals surface area contributed by atoms with E-state index in [2.05, 4.69) is 25.4 Å². The zero-order valence-electron chi connectivity index (χ0n) is 19.6. The standard InChI is InChI=1S/C22H24F4N8O2/c1-3-4-8-32-19-18(27-13(2)28-19)20(35)33(21(32)36)9-5-10-34-30-17(29-31-34)12-14-6-7-15(16(23)11-14)22(24,25)26/h6-7,11H,3-5,8-10,12H2,1-2H3,(H,27,28). The number of hydrogen-bond donors (Lipinski definition) is 1. The first-order valence-corrected chi connectivity index (χ1v) is 11.4. The number of halogens is 4. The number of nitrogens with one attached hydrogen (secondary N) is 1. The zero-order valence-corrected chi connectivity index (χ0v) is 19.6. The van der Waals surface area contributed by atoms with E-state index in [4.69, 9.17) is 0 Å². The van der Waals surface area contributed by atoms with Crippen LogP contribution in [0.5, 0.6) is 0 Å². The molecule has 0 atom stereocenters. The van der Waals surface area contributed by atoms with Crippen LogP contribution in [0.1, 0.15) is 49.0 Å². The van der Waals surface area contributed by atoms with E-state index in [1.165, 1.54) is 9.36 Å². The van der Waals surface area contributed by atoms with E-state index in [1.807, 2.05) is 6.92 Å². The molecule has 0 saturated carbocycles. The van der Waals surface area contributed by atoms with Gasteiger partial charge in [-0.2, -0.15) is 18.0 Å². The molecule has 0 amide bonds. The number of benzene rings is 1. The van der Waals surface area contributed by atoms with Crippen LogP contribution in [0.4, 0.5) is 17.6 Å². The van der Waals surface area contributed by atoms with Gasteiger partial charge < -0.3 is 4.98 Å². The average molecular weight is 508 g/mol. The molecule has 0 unspecified atom stereocenters. The lowest BCUT2D eigenvalue weighted by Crippen LogP contribution is -2.40. The second kappa shape index (κ2) is 10.0. The van der Waals surface area contributed by atoms with Gasteiger partial charge in [-0.3, -0.25) is 13.9 Å². The molecule has 1 aromatic carbocycles. The predicted molar refractivity (Wildman–Crippen MR) is 121 cm³/mol. The number of hydrogen-bond acceptors (Lipinski definition) is 6. The van der Waals surface area contributed by atoms with Crippen molar-refractivity contribution in [3.05, 3.63) is 67.6 Å². The van der Waals surface area contributed by atoms with Crippen molar-refractivity contribution in [1.29, 1.82) is 0 Å². The summed E-state index contributed by atoms with van der Waals surface area (Å²) < 4.78 is 54.6. The molecule has 0 aliphatic rings. The van der Waals surface area contributed by atoms with Crippen LogP contribution < -0.4 is 11.2 Å². The van der Waals surface area contributed by atoms with E-state index in [1.54, 1.807) is 6.92 Å². The molecule has 0 fully saturated rings. The van der Waals surface area contributed by atoms with Gasteiger partial charge in [-0.1, -0.05) is 19.4 Å². The highest BCUT2D eigenvalue weighted by molar-refractivity contribution is 5.69. The largest absolute Gasteiger partial charge is 0.419 e. The minimum Gasteiger partial charge on any atom is -0.336 e. The molecule has 14 heteroatoms. The van der Waals surface area contributed by atoms with Gasteiger partial charge in [0.15, 0.2) is 11.5 Å². The minimum absolute atomic E-state index is 0.00745. The molecule has 192 valence electrons. The quantitative estimate of drug-likeness (QED) is 0.348. The lowest BCUT2D eigenvalue weighted by molar-refractivity contribution is -0.140. The van der Waals surface area contributed by atoms with Crippen LogP contribution in [0.15, 0.2) is 27.8 Å². The number of alkyl halides is 3. The smallest absolute Gasteiger partial charge is 0.336 e. The molecule has 1 N–H and O–H groups in total. The Balaban J connectivity index is 1.45. The number of nitrogens with zero attached hydrogens (tertiary/aromatic N) is 7. The number of tetrazole rings is 1. The number of fused-ring (bicyclic) bond motifs is 1. The topological polar surface area (TPSA) is 116 Å². The fraction of sp³-hybridized carbons (Fsp3) is 0.455. The molecular formula is C22H24F4N8O2. The number of aromatic amines is 1. The first kappa shape index (κ1) is 25.3. The molecule has 0 radical (unpaired) electrons. The van der Waals surface area contributed by atoms with Crippen LogP contribution in [0.25, 0.3) is 11.2 Å². The molecule has 10 nitrogen and oxygen atoms in total. The summed E-state index contributed by atoms with van der Waals surface area (Å²) in [6.07, 6.45) is -2.81. The maximum absolute atomic E-state index is 13.8. The van der Waals surface area contributed by atoms with Crippen molar-refractivity contribution in [2.75, 3.05) is 0 Å². The second-order valence-electron chi connectivity index (χ2n) is 8.41. The van der Waals surface area contributed by atoms with E-state index in [0.29, 0.717) is 30.5 Å². The van der Waals surface area contributed by atoms with Gasteiger partial charge in [0.25, 0.3) is 5.56 Å². The van der Waals surface area contributed by atoms with Crippen molar-refractivity contribution in [1.82, 2.24) is 39.3 Å². The third kappa shape index (κ3) is 5.21. The average Bonchev–Trinajstić information content (AvgIpc) is 3.41. The van der Waals surface area contributed by atoms with Crippen molar-refractivity contribution in [2.45, 2.75) is 65.3 Å². The van der Waals surface area contributed by atoms with Crippen LogP contribution in [-0.4, -0.2) is 39.3 Å². The SMILES string of the molecule is CCCCn1c(=O)n(CCCn2nnc(Cc3ccc(C(F)(F)F)c(F)c3)n2)c(=O)c2[nH]c(C)nc21. The molecule has 0 aliphatic carbocycles. The van der Waals surface area contributed by atoms with Crippen LogP contribution in [0, 0.1) is 12.7 Å². The molecule has 0 bridgehead atoms. The van der Waals surface area contributed by atoms with Crippen molar-refractivity contribution in [3.63, 3.8) is 0 Å². The number of H-pyrrole nitrogens is 1. The number of unbranched alkanes of at least 4 members (excludes halogenated alkanes) is 1. The summed E-state index contributed by atoms with van der Waals surface area (Å²) in [5, 5.41) is 11.9. The summed E-state index contributed by atoms with van der Waals surface area (Å²) in [7, 11) is 0. The lowest BCUT2D eigenvalue weighted by Gasteiger charge is -2.10. The maximum Gasteiger partial charge on any atom is 0.419 e. The Hall–Kier alpha value is -3.84. The molecule has 0 saturated heterocycles. The summed E-state index contributed by atoms with van der Waals surface area (Å²) in [5.74, 6) is -0.633. The van der Waals surface area contributed by atoms with Gasteiger partial charge in [-0.15, -0.1) is 10.2 Å². The Morgan fingerprint density at radius 2 is 1.81 bits per heavy atom. The molecule has 0 spiro atoms. The molecule has 4 aromatic rings. The van der Waals surface area contributed by atoms with Gasteiger partial charge in [0.2, 0.25) is 0 Å². The van der Waals surface area contributed by atoms with Gasteiger partial charge >= 0.3 is 11.9 Å². The summed E-state index contributed by atoms with van der Waals surface area (Å²) in [4.78, 5) is 34.4. The van der Waals surface area contributed by atoms with E-state index in [0.717, 1.165) is 29.5 Å². The summed E-state index contributed by atoms with van der Waals surface area (Å²) in [6.45, 7) is 4.50. The van der Waals surface area contributed by atoms with E-state index in [-0.39, 0.29) is 36.4 Å². The Morgan fingerprint density at radius 1 is 1.06 bits per heavy atom. The Labute approximate surface area is 201 Å². The third-order valence-electron chi connectivity index (χ3n) is 5.65. The van der Waals surface area contributed by atoms with Gasteiger partial charge in [0.05, 0.1) is 12.1 Å². The highest BCUT2D eigenvalue weighted by Crippen LogP contribution is 2.31. The van der Waals surface area contributed by atoms with Gasteiger partial charge in [-0.05, 0) is 42.7 Å². The fourth-order valence-corrected chi connectivity index (χ4v) is 3.89. The van der Waals surface area contributed by atoms with Crippen molar-refractivity contribution < 1.29 is 17.6 Å². The zero-order chi connectivity index (χ0) is 26.0. The van der Waals surface area contributed by atoms with Crippen LogP contribution >= 0.6 is 0 Å². The monoisotopic (exact) mass is 508 g/mol. The summed E-state index contributed by atoms with van der Waals surface area (Å²) >= 11 is 0.